The van der Waals surface area contributed by atoms with Crippen LogP contribution in [-0.2, 0) is 9.53 Å². The van der Waals surface area contributed by atoms with Crippen LogP contribution in [0.15, 0.2) is 11.9 Å². The predicted molar refractivity (Wildman–Crippen MR) is 32.0 cm³/mol. The molecule has 0 saturated heterocycles. The van der Waals surface area contributed by atoms with Crippen LogP contribution in [0.3, 0.4) is 0 Å². The number of rotatable bonds is 2. The van der Waals surface area contributed by atoms with Gasteiger partial charge in [-0.25, -0.2) is 4.79 Å². The number of hydrogen-bond acceptors (Lipinski definition) is 2. The normalized spacial score (nSPS) is 15.5. The molecule has 0 saturated carbocycles. The Morgan fingerprint density at radius 2 is 1.47 bits per heavy atom. The van der Waals surface area contributed by atoms with E-state index in [1.54, 1.807) is 0 Å². The van der Waals surface area contributed by atoms with Crippen molar-refractivity contribution in [2.45, 2.75) is 19.0 Å². The van der Waals surface area contributed by atoms with Crippen molar-refractivity contribution in [2.24, 2.45) is 0 Å². The van der Waals surface area contributed by atoms with E-state index in [4.69, 9.17) is 0 Å². The Balaban J connectivity index is 4.78. The van der Waals surface area contributed by atoms with Crippen molar-refractivity contribution in [1.29, 1.82) is 0 Å². The molecule has 0 heterocycles. The van der Waals surface area contributed by atoms with Crippen LogP contribution in [0.2, 0.25) is 0 Å². The SMILES string of the molecule is CC(F)(OC(=O)C(F)=C(F)F)C(F)(F)F. The topological polar surface area (TPSA) is 26.3 Å². The molecular formula is C6H3F7O2. The number of ether oxygens (including phenoxy) is 1. The van der Waals surface area contributed by atoms with Crippen LogP contribution in [-0.4, -0.2) is 18.0 Å². The highest BCUT2D eigenvalue weighted by atomic mass is 19.4. The number of hydrogen-bond donors (Lipinski definition) is 0. The van der Waals surface area contributed by atoms with Crippen LogP contribution in [0.5, 0.6) is 0 Å². The van der Waals surface area contributed by atoms with Crippen LogP contribution < -0.4 is 0 Å². The molecular weight excluding hydrogens is 237 g/mol. The van der Waals surface area contributed by atoms with Crippen LogP contribution >= 0.6 is 0 Å². The lowest BCUT2D eigenvalue weighted by atomic mass is 10.3. The molecule has 0 aromatic heterocycles. The summed E-state index contributed by atoms with van der Waals surface area (Å²) in [6.45, 7) is -0.256. The third kappa shape index (κ3) is 3.40. The molecule has 0 radical (unpaired) electrons. The number of carbonyl (C=O) groups is 1. The Morgan fingerprint density at radius 1 is 1.07 bits per heavy atom. The second kappa shape index (κ2) is 4.07. The molecule has 1 atom stereocenters. The standard InChI is InChI=1S/C6H3F7O2/c1-5(10,6(11,12)13)15-4(14)2(7)3(8)9/h1H3. The van der Waals surface area contributed by atoms with E-state index < -0.39 is 29.9 Å². The van der Waals surface area contributed by atoms with Gasteiger partial charge in [0.15, 0.2) is 0 Å². The molecule has 0 amide bonds. The van der Waals surface area contributed by atoms with Gasteiger partial charge in [-0.1, -0.05) is 0 Å². The lowest BCUT2D eigenvalue weighted by Crippen LogP contribution is -2.42. The van der Waals surface area contributed by atoms with Gasteiger partial charge in [0.2, 0.25) is 0 Å². The van der Waals surface area contributed by atoms with Crippen molar-refractivity contribution < 1.29 is 40.3 Å². The molecule has 0 spiro atoms. The van der Waals surface area contributed by atoms with Gasteiger partial charge in [-0.3, -0.25) is 0 Å². The van der Waals surface area contributed by atoms with Crippen molar-refractivity contribution in [3.05, 3.63) is 11.9 Å². The molecule has 0 aromatic rings. The Morgan fingerprint density at radius 3 is 1.73 bits per heavy atom. The van der Waals surface area contributed by atoms with E-state index in [0.717, 1.165) is 0 Å². The zero-order chi connectivity index (χ0) is 12.4. The highest BCUT2D eigenvalue weighted by molar-refractivity contribution is 5.86. The van der Waals surface area contributed by atoms with Crippen LogP contribution in [0.25, 0.3) is 0 Å². The molecule has 15 heavy (non-hydrogen) atoms. The zero-order valence-electron chi connectivity index (χ0n) is 6.96. The highest BCUT2D eigenvalue weighted by Gasteiger charge is 2.56. The van der Waals surface area contributed by atoms with E-state index >= 15 is 0 Å². The molecule has 0 fully saturated rings. The molecule has 0 aliphatic carbocycles. The van der Waals surface area contributed by atoms with E-state index in [1.807, 2.05) is 0 Å². The minimum absolute atomic E-state index is 0.256. The monoisotopic (exact) mass is 240 g/mol. The molecule has 1 unspecified atom stereocenters. The van der Waals surface area contributed by atoms with Crippen molar-refractivity contribution in [3.63, 3.8) is 0 Å². The highest BCUT2D eigenvalue weighted by Crippen LogP contribution is 2.35. The van der Waals surface area contributed by atoms with Crippen molar-refractivity contribution in [3.8, 4) is 0 Å². The first-order valence-corrected chi connectivity index (χ1v) is 3.19. The Bertz CT molecular complexity index is 286. The van der Waals surface area contributed by atoms with E-state index in [1.165, 1.54) is 0 Å². The Kier molecular flexibility index (Phi) is 3.72. The Hall–Kier alpha value is -1.28. The summed E-state index contributed by atoms with van der Waals surface area (Å²) in [6.07, 6.45) is -8.84. The molecule has 88 valence electrons. The minimum atomic E-state index is -5.64. The molecule has 2 nitrogen and oxygen atoms in total. The second-order valence-corrected chi connectivity index (χ2v) is 2.38. The van der Waals surface area contributed by atoms with Crippen molar-refractivity contribution >= 4 is 5.97 Å². The largest absolute Gasteiger partial charge is 0.460 e. The molecule has 0 aromatic carbocycles. The van der Waals surface area contributed by atoms with E-state index in [-0.39, 0.29) is 6.92 Å². The lowest BCUT2D eigenvalue weighted by Gasteiger charge is -2.22. The minimum Gasteiger partial charge on any atom is -0.414 e. The summed E-state index contributed by atoms with van der Waals surface area (Å²) in [7, 11) is 0. The summed E-state index contributed by atoms with van der Waals surface area (Å²) in [5.41, 5.74) is 0. The first-order valence-electron chi connectivity index (χ1n) is 3.19. The van der Waals surface area contributed by atoms with E-state index in [0.29, 0.717) is 0 Å². The fraction of sp³-hybridized carbons (Fsp3) is 0.500. The smallest absolute Gasteiger partial charge is 0.414 e. The summed E-state index contributed by atoms with van der Waals surface area (Å²) in [6, 6.07) is 0. The maximum absolute atomic E-state index is 12.5. The Labute approximate surface area is 78.3 Å². The second-order valence-electron chi connectivity index (χ2n) is 2.38. The van der Waals surface area contributed by atoms with Gasteiger partial charge in [0, 0.05) is 6.92 Å². The first kappa shape index (κ1) is 13.7. The first-order chi connectivity index (χ1) is 6.49. The fourth-order valence-corrected chi connectivity index (χ4v) is 0.354. The summed E-state index contributed by atoms with van der Waals surface area (Å²) in [4.78, 5) is 10.2. The number of carbonyl (C=O) groups excluding carboxylic acids is 1. The average molecular weight is 240 g/mol. The van der Waals surface area contributed by atoms with E-state index in [2.05, 4.69) is 4.74 Å². The van der Waals surface area contributed by atoms with Crippen LogP contribution in [0, 0.1) is 0 Å². The maximum atomic E-state index is 12.5. The lowest BCUT2D eigenvalue weighted by molar-refractivity contribution is -0.311. The molecule has 9 heteroatoms. The van der Waals surface area contributed by atoms with Gasteiger partial charge in [0.05, 0.1) is 0 Å². The number of esters is 1. The predicted octanol–water partition coefficient (Wildman–Crippen LogP) is 2.86. The van der Waals surface area contributed by atoms with Gasteiger partial charge in [-0.2, -0.15) is 30.7 Å². The molecule has 0 aliphatic heterocycles. The van der Waals surface area contributed by atoms with Gasteiger partial charge in [-0.05, 0) is 0 Å². The maximum Gasteiger partial charge on any atom is 0.460 e. The van der Waals surface area contributed by atoms with Gasteiger partial charge < -0.3 is 4.74 Å². The summed E-state index contributed by atoms with van der Waals surface area (Å²) in [5.74, 6) is -10.1. The van der Waals surface area contributed by atoms with Crippen LogP contribution in [0.4, 0.5) is 30.7 Å². The summed E-state index contributed by atoms with van der Waals surface area (Å²) < 4.78 is 85.1. The number of alkyl halides is 4. The average Bonchev–Trinajstić information content (AvgIpc) is 1.99. The number of halogens is 7. The summed E-state index contributed by atoms with van der Waals surface area (Å²) >= 11 is 0. The third-order valence-electron chi connectivity index (χ3n) is 1.14. The van der Waals surface area contributed by atoms with E-state index in [9.17, 15) is 35.5 Å². The quantitative estimate of drug-likeness (QED) is 0.421. The van der Waals surface area contributed by atoms with Crippen LogP contribution in [0.1, 0.15) is 6.92 Å². The molecule has 0 rings (SSSR count). The molecule has 0 bridgehead atoms. The molecule has 0 N–H and O–H groups in total. The van der Waals surface area contributed by atoms with Gasteiger partial charge in [-0.15, -0.1) is 0 Å². The van der Waals surface area contributed by atoms with Crippen molar-refractivity contribution in [2.75, 3.05) is 0 Å². The van der Waals surface area contributed by atoms with Crippen molar-refractivity contribution in [1.82, 2.24) is 0 Å². The molecule has 0 aliphatic rings. The van der Waals surface area contributed by atoms with Gasteiger partial charge in [0.25, 0.3) is 5.83 Å². The van der Waals surface area contributed by atoms with Gasteiger partial charge in [0.1, 0.15) is 0 Å². The zero-order valence-corrected chi connectivity index (χ0v) is 6.96. The van der Waals surface area contributed by atoms with Gasteiger partial charge >= 0.3 is 24.1 Å². The summed E-state index contributed by atoms with van der Waals surface area (Å²) in [5, 5.41) is 0. The third-order valence-corrected chi connectivity index (χ3v) is 1.14. The fourth-order valence-electron chi connectivity index (χ4n) is 0.354.